The molecule has 0 radical (unpaired) electrons. The first-order chi connectivity index (χ1) is 14.1. The SMILES string of the molecule is Cc1ccc(C(=O)c2ccccc2)c(C)c1C(=O)P(=O)(c1ccccc1)C(F)(F)F. The summed E-state index contributed by atoms with van der Waals surface area (Å²) in [6.07, 6.45) is 0. The largest absolute Gasteiger partial charge is 0.451 e. The maximum absolute atomic E-state index is 14.0. The Hall–Kier alpha value is -2.98. The number of benzene rings is 3. The molecule has 0 aromatic heterocycles. The molecular formula is C23H18F3O3P. The molecule has 154 valence electrons. The Labute approximate surface area is 171 Å². The smallest absolute Gasteiger partial charge is 0.300 e. The van der Waals surface area contributed by atoms with E-state index in [1.165, 1.54) is 44.2 Å². The van der Waals surface area contributed by atoms with Crippen LogP contribution in [0.4, 0.5) is 13.2 Å². The molecule has 0 saturated carbocycles. The molecule has 0 aliphatic carbocycles. The molecule has 0 fully saturated rings. The molecule has 0 aliphatic rings. The van der Waals surface area contributed by atoms with Crippen LogP contribution in [0.2, 0.25) is 0 Å². The minimum atomic E-state index is -5.49. The van der Waals surface area contributed by atoms with Crippen LogP contribution in [0.3, 0.4) is 0 Å². The van der Waals surface area contributed by atoms with E-state index in [9.17, 15) is 27.3 Å². The zero-order chi connectivity index (χ0) is 22.1. The summed E-state index contributed by atoms with van der Waals surface area (Å²) in [7, 11) is -5.49. The highest BCUT2D eigenvalue weighted by molar-refractivity contribution is 7.88. The quantitative estimate of drug-likeness (QED) is 0.375. The van der Waals surface area contributed by atoms with Crippen molar-refractivity contribution in [2.75, 3.05) is 0 Å². The summed E-state index contributed by atoms with van der Waals surface area (Å²) in [6.45, 7) is 2.87. The average molecular weight is 430 g/mol. The lowest BCUT2D eigenvalue weighted by atomic mass is 9.93. The number of carbonyl (C=O) groups is 2. The van der Waals surface area contributed by atoms with Gasteiger partial charge in [-0.05, 0) is 25.0 Å². The van der Waals surface area contributed by atoms with Gasteiger partial charge in [-0.2, -0.15) is 13.2 Å². The van der Waals surface area contributed by atoms with Gasteiger partial charge in [0.05, 0.1) is 0 Å². The van der Waals surface area contributed by atoms with Crippen molar-refractivity contribution in [1.82, 2.24) is 0 Å². The van der Waals surface area contributed by atoms with Gasteiger partial charge < -0.3 is 4.57 Å². The Kier molecular flexibility index (Phi) is 5.82. The summed E-state index contributed by atoms with van der Waals surface area (Å²) in [5.74, 6) is -5.69. The van der Waals surface area contributed by atoms with Gasteiger partial charge in [0.25, 0.3) is 7.14 Å². The molecule has 0 N–H and O–H groups in total. The zero-order valence-electron chi connectivity index (χ0n) is 16.2. The normalized spacial score (nSPS) is 13.5. The van der Waals surface area contributed by atoms with Crippen molar-refractivity contribution in [2.24, 2.45) is 0 Å². The molecule has 0 aliphatic heterocycles. The number of aryl methyl sites for hydroxylation is 1. The molecule has 3 aromatic rings. The van der Waals surface area contributed by atoms with Crippen molar-refractivity contribution in [3.63, 3.8) is 0 Å². The third-order valence-corrected chi connectivity index (χ3v) is 7.47. The third-order valence-electron chi connectivity index (χ3n) is 4.93. The first kappa shape index (κ1) is 21.7. The Balaban J connectivity index is 2.21. The Morgan fingerprint density at radius 2 is 1.33 bits per heavy atom. The van der Waals surface area contributed by atoms with E-state index in [2.05, 4.69) is 0 Å². The minimum absolute atomic E-state index is 0.0780. The number of halogens is 3. The van der Waals surface area contributed by atoms with Crippen molar-refractivity contribution < 1.29 is 27.3 Å². The molecule has 0 bridgehead atoms. The van der Waals surface area contributed by atoms with E-state index in [-0.39, 0.29) is 22.3 Å². The molecular weight excluding hydrogens is 412 g/mol. The standard InChI is InChI=1S/C23H18F3O3P/c1-15-13-14-19(21(27)17-9-5-3-6-10-17)16(2)20(15)22(28)30(29,23(24,25)26)18-11-7-4-8-12-18/h3-14H,1-2H3. The van der Waals surface area contributed by atoms with Crippen LogP contribution < -0.4 is 5.30 Å². The fourth-order valence-corrected chi connectivity index (χ4v) is 5.35. The minimum Gasteiger partial charge on any atom is -0.300 e. The zero-order valence-corrected chi connectivity index (χ0v) is 17.1. The number of hydrogen-bond donors (Lipinski definition) is 0. The highest BCUT2D eigenvalue weighted by Gasteiger charge is 2.58. The topological polar surface area (TPSA) is 51.2 Å². The number of alkyl halides is 3. The van der Waals surface area contributed by atoms with Crippen molar-refractivity contribution in [1.29, 1.82) is 0 Å². The molecule has 0 spiro atoms. The maximum atomic E-state index is 14.0. The second kappa shape index (κ2) is 8.04. The first-order valence-electron chi connectivity index (χ1n) is 9.06. The van der Waals surface area contributed by atoms with E-state index >= 15 is 0 Å². The summed E-state index contributed by atoms with van der Waals surface area (Å²) < 4.78 is 55.1. The molecule has 3 rings (SSSR count). The number of ketones is 1. The Morgan fingerprint density at radius 3 is 1.87 bits per heavy atom. The van der Waals surface area contributed by atoms with Crippen LogP contribution >= 0.6 is 7.14 Å². The second-order valence-electron chi connectivity index (χ2n) is 6.84. The molecule has 1 unspecified atom stereocenters. The van der Waals surface area contributed by atoms with Gasteiger partial charge in [-0.25, -0.2) is 0 Å². The average Bonchev–Trinajstić information content (AvgIpc) is 2.73. The monoisotopic (exact) mass is 430 g/mol. The lowest BCUT2D eigenvalue weighted by molar-refractivity contribution is -0.0442. The lowest BCUT2D eigenvalue weighted by Gasteiger charge is -2.22. The summed E-state index contributed by atoms with van der Waals surface area (Å²) in [6, 6.07) is 17.2. The Morgan fingerprint density at radius 1 is 0.800 bits per heavy atom. The predicted molar refractivity (Wildman–Crippen MR) is 110 cm³/mol. The molecule has 7 heteroatoms. The van der Waals surface area contributed by atoms with Gasteiger partial charge in [0.2, 0.25) is 5.52 Å². The van der Waals surface area contributed by atoms with Crippen LogP contribution in [0.25, 0.3) is 0 Å². The molecule has 3 aromatic carbocycles. The Bertz CT molecular complexity index is 1150. The van der Waals surface area contributed by atoms with E-state index in [0.29, 0.717) is 5.56 Å². The van der Waals surface area contributed by atoms with E-state index in [0.717, 1.165) is 12.1 Å². The van der Waals surface area contributed by atoms with Gasteiger partial charge in [-0.15, -0.1) is 0 Å². The molecule has 30 heavy (non-hydrogen) atoms. The fourth-order valence-electron chi connectivity index (χ4n) is 3.34. The number of rotatable bonds is 5. The van der Waals surface area contributed by atoms with Crippen LogP contribution in [-0.4, -0.2) is 17.2 Å². The summed E-state index contributed by atoms with van der Waals surface area (Å²) in [5, 5.41) is -0.582. The highest BCUT2D eigenvalue weighted by Crippen LogP contribution is 2.62. The van der Waals surface area contributed by atoms with E-state index in [1.807, 2.05) is 0 Å². The summed E-state index contributed by atoms with van der Waals surface area (Å²) in [5.41, 5.74) is -1.11. The van der Waals surface area contributed by atoms with Crippen LogP contribution in [0, 0.1) is 13.8 Å². The van der Waals surface area contributed by atoms with Gasteiger partial charge in [-0.1, -0.05) is 72.8 Å². The summed E-state index contributed by atoms with van der Waals surface area (Å²) in [4.78, 5) is 26.0. The second-order valence-corrected chi connectivity index (χ2v) is 9.49. The van der Waals surface area contributed by atoms with Gasteiger partial charge in [0, 0.05) is 22.0 Å². The number of carbonyl (C=O) groups excluding carboxylic acids is 2. The lowest BCUT2D eigenvalue weighted by Crippen LogP contribution is -2.26. The summed E-state index contributed by atoms with van der Waals surface area (Å²) >= 11 is 0. The molecule has 3 nitrogen and oxygen atoms in total. The number of hydrogen-bond acceptors (Lipinski definition) is 3. The van der Waals surface area contributed by atoms with Crippen molar-refractivity contribution in [3.05, 3.63) is 101 Å². The van der Waals surface area contributed by atoms with Gasteiger partial charge in [0.1, 0.15) is 0 Å². The van der Waals surface area contributed by atoms with E-state index < -0.39 is 29.7 Å². The molecule has 0 saturated heterocycles. The van der Waals surface area contributed by atoms with Gasteiger partial charge >= 0.3 is 5.92 Å². The highest BCUT2D eigenvalue weighted by atomic mass is 31.2. The fraction of sp³-hybridized carbons (Fsp3) is 0.130. The van der Waals surface area contributed by atoms with Crippen molar-refractivity contribution >= 4 is 23.8 Å². The van der Waals surface area contributed by atoms with Crippen LogP contribution in [0.1, 0.15) is 37.4 Å². The van der Waals surface area contributed by atoms with Crippen molar-refractivity contribution in [2.45, 2.75) is 19.8 Å². The van der Waals surface area contributed by atoms with Crippen LogP contribution in [0.5, 0.6) is 0 Å². The maximum Gasteiger partial charge on any atom is 0.451 e. The third kappa shape index (κ3) is 3.63. The van der Waals surface area contributed by atoms with Crippen LogP contribution in [-0.2, 0) is 4.57 Å². The van der Waals surface area contributed by atoms with Gasteiger partial charge in [0.15, 0.2) is 5.78 Å². The van der Waals surface area contributed by atoms with Gasteiger partial charge in [-0.3, -0.25) is 9.59 Å². The van der Waals surface area contributed by atoms with E-state index in [4.69, 9.17) is 0 Å². The molecule has 1 atom stereocenters. The van der Waals surface area contributed by atoms with Crippen molar-refractivity contribution in [3.8, 4) is 0 Å². The molecule has 0 heterocycles. The van der Waals surface area contributed by atoms with Crippen LogP contribution in [0.15, 0.2) is 72.8 Å². The first-order valence-corrected chi connectivity index (χ1v) is 10.8. The van der Waals surface area contributed by atoms with E-state index in [1.54, 1.807) is 30.3 Å². The molecule has 0 amide bonds. The predicted octanol–water partition coefficient (Wildman–Crippen LogP) is 5.88.